The minimum atomic E-state index is 0.394. The number of oxime groups is 1. The van der Waals surface area contributed by atoms with Crippen LogP contribution in [0, 0.1) is 17.3 Å². The van der Waals surface area contributed by atoms with Crippen LogP contribution in [0.4, 0.5) is 0 Å². The van der Waals surface area contributed by atoms with Gasteiger partial charge in [0.25, 0.3) is 0 Å². The Morgan fingerprint density at radius 3 is 2.67 bits per heavy atom. The van der Waals surface area contributed by atoms with Crippen molar-refractivity contribution >= 4 is 5.71 Å². The van der Waals surface area contributed by atoms with E-state index in [1.54, 1.807) is 0 Å². The Morgan fingerprint density at radius 2 is 2.25 bits per heavy atom. The molecule has 0 aromatic rings. The first-order valence-corrected chi connectivity index (χ1v) is 4.47. The van der Waals surface area contributed by atoms with Gasteiger partial charge in [-0.25, -0.2) is 0 Å². The minimum Gasteiger partial charge on any atom is -0.411 e. The molecule has 1 N–H and O–H groups in total. The molecule has 3 fully saturated rings. The predicted molar refractivity (Wildman–Crippen MR) is 48.4 cm³/mol. The highest BCUT2D eigenvalue weighted by Crippen LogP contribution is 2.59. The average molecular weight is 165 g/mol. The van der Waals surface area contributed by atoms with Crippen molar-refractivity contribution in [3.05, 3.63) is 12.2 Å². The molecule has 12 heavy (non-hydrogen) atoms. The van der Waals surface area contributed by atoms with Crippen LogP contribution in [0.1, 0.15) is 26.7 Å². The Labute approximate surface area is 73.0 Å². The zero-order chi connectivity index (χ0) is 8.93. The van der Waals surface area contributed by atoms with Gasteiger partial charge >= 0.3 is 0 Å². The number of fused-ring (bicyclic) bond motifs is 2. The average Bonchev–Trinajstić information content (AvgIpc) is 2.03. The summed E-state index contributed by atoms with van der Waals surface area (Å²) < 4.78 is 0. The summed E-state index contributed by atoms with van der Waals surface area (Å²) in [5.74, 6) is 1.26. The van der Waals surface area contributed by atoms with Crippen LogP contribution in [0.15, 0.2) is 17.3 Å². The molecule has 0 unspecified atom stereocenters. The molecule has 2 nitrogen and oxygen atoms in total. The van der Waals surface area contributed by atoms with E-state index in [9.17, 15) is 0 Å². The van der Waals surface area contributed by atoms with Crippen molar-refractivity contribution in [2.45, 2.75) is 26.7 Å². The summed E-state index contributed by atoms with van der Waals surface area (Å²) in [5.41, 5.74) is 2.28. The van der Waals surface area contributed by atoms with Crippen molar-refractivity contribution in [3.8, 4) is 0 Å². The second kappa shape index (κ2) is 2.12. The minimum absolute atomic E-state index is 0.394. The molecule has 2 atom stereocenters. The van der Waals surface area contributed by atoms with Crippen LogP contribution >= 0.6 is 0 Å². The Hall–Kier alpha value is -0.790. The van der Waals surface area contributed by atoms with Crippen molar-refractivity contribution in [2.24, 2.45) is 22.4 Å². The normalized spacial score (nSPS) is 41.2. The van der Waals surface area contributed by atoms with Gasteiger partial charge in [-0.15, -0.1) is 0 Å². The van der Waals surface area contributed by atoms with Gasteiger partial charge in [-0.05, 0) is 35.7 Å². The third-order valence-corrected chi connectivity index (χ3v) is 3.82. The lowest BCUT2D eigenvalue weighted by atomic mass is 9.47. The molecule has 0 amide bonds. The molecule has 0 spiro atoms. The first kappa shape index (κ1) is 7.84. The summed E-state index contributed by atoms with van der Waals surface area (Å²) in [6, 6.07) is 0. The van der Waals surface area contributed by atoms with E-state index in [2.05, 4.69) is 25.6 Å². The summed E-state index contributed by atoms with van der Waals surface area (Å²) in [5, 5.41) is 12.0. The van der Waals surface area contributed by atoms with Crippen molar-refractivity contribution in [3.63, 3.8) is 0 Å². The van der Waals surface area contributed by atoms with E-state index < -0.39 is 0 Å². The molecule has 2 bridgehead atoms. The van der Waals surface area contributed by atoms with E-state index in [4.69, 9.17) is 5.21 Å². The van der Waals surface area contributed by atoms with Gasteiger partial charge < -0.3 is 5.21 Å². The molecule has 3 aliphatic carbocycles. The molecule has 66 valence electrons. The van der Waals surface area contributed by atoms with E-state index in [-0.39, 0.29) is 0 Å². The molecule has 3 rings (SSSR count). The zero-order valence-corrected chi connectivity index (χ0v) is 7.67. The van der Waals surface area contributed by atoms with E-state index in [0.717, 1.165) is 17.7 Å². The lowest BCUT2D eigenvalue weighted by Gasteiger charge is -2.57. The molecule has 0 radical (unpaired) electrons. The maximum absolute atomic E-state index is 8.70. The van der Waals surface area contributed by atoms with Gasteiger partial charge in [0.05, 0.1) is 5.71 Å². The zero-order valence-electron chi connectivity index (χ0n) is 7.67. The second-order valence-electron chi connectivity index (χ2n) is 4.58. The number of hydrogen-bond donors (Lipinski definition) is 1. The maximum atomic E-state index is 8.70. The van der Waals surface area contributed by atoms with Crippen LogP contribution in [0.5, 0.6) is 0 Å². The number of allylic oxidation sites excluding steroid dienone is 1. The summed E-state index contributed by atoms with van der Waals surface area (Å²) in [7, 11) is 0. The fraction of sp³-hybridized carbons (Fsp3) is 0.700. The molecule has 0 aromatic carbocycles. The van der Waals surface area contributed by atoms with Crippen LogP contribution in [0.25, 0.3) is 0 Å². The van der Waals surface area contributed by atoms with Crippen molar-refractivity contribution in [1.82, 2.24) is 0 Å². The maximum Gasteiger partial charge on any atom is 0.0827 e. The highest BCUT2D eigenvalue weighted by Gasteiger charge is 2.53. The molecular formula is C10H15NO. The summed E-state index contributed by atoms with van der Waals surface area (Å²) in [4.78, 5) is 0. The Balaban J connectivity index is 2.28. The fourth-order valence-corrected chi connectivity index (χ4v) is 2.62. The molecular weight excluding hydrogens is 150 g/mol. The lowest BCUT2D eigenvalue weighted by molar-refractivity contribution is 0.000700. The second-order valence-corrected chi connectivity index (χ2v) is 4.58. The monoisotopic (exact) mass is 165 g/mol. The van der Waals surface area contributed by atoms with Gasteiger partial charge in [-0.3, -0.25) is 0 Å². The van der Waals surface area contributed by atoms with E-state index in [1.165, 1.54) is 6.42 Å². The highest BCUT2D eigenvalue weighted by atomic mass is 16.4. The van der Waals surface area contributed by atoms with Gasteiger partial charge in [0.2, 0.25) is 0 Å². The van der Waals surface area contributed by atoms with Crippen LogP contribution in [-0.2, 0) is 0 Å². The first-order chi connectivity index (χ1) is 5.57. The van der Waals surface area contributed by atoms with Crippen LogP contribution < -0.4 is 0 Å². The Bertz CT molecular complexity index is 265. The Morgan fingerprint density at radius 1 is 1.58 bits per heavy atom. The van der Waals surface area contributed by atoms with E-state index >= 15 is 0 Å². The van der Waals surface area contributed by atoms with Gasteiger partial charge in [0.15, 0.2) is 0 Å². The lowest BCUT2D eigenvalue weighted by Crippen LogP contribution is -2.52. The largest absolute Gasteiger partial charge is 0.411 e. The predicted octanol–water partition coefficient (Wildman–Crippen LogP) is 2.44. The third kappa shape index (κ3) is 0.728. The standard InChI is InChI=1S/C10H15NO/c1-6-8-4-7(10(8,2)3)5-9(6)11-12/h7-8,12H,1,4-5H2,2-3H3/b11-9-/t7-,8+/m0/s1. The van der Waals surface area contributed by atoms with Crippen molar-refractivity contribution < 1.29 is 5.21 Å². The Kier molecular flexibility index (Phi) is 1.39. The molecule has 3 saturated carbocycles. The number of hydrogen-bond acceptors (Lipinski definition) is 2. The van der Waals surface area contributed by atoms with Gasteiger partial charge in [-0.1, -0.05) is 25.6 Å². The molecule has 2 heteroatoms. The van der Waals surface area contributed by atoms with E-state index in [0.29, 0.717) is 17.3 Å². The van der Waals surface area contributed by atoms with Gasteiger partial charge in [-0.2, -0.15) is 0 Å². The van der Waals surface area contributed by atoms with Gasteiger partial charge in [0.1, 0.15) is 0 Å². The smallest absolute Gasteiger partial charge is 0.0827 e. The van der Waals surface area contributed by atoms with Gasteiger partial charge in [0, 0.05) is 0 Å². The molecule has 3 aliphatic rings. The summed E-state index contributed by atoms with van der Waals surface area (Å²) in [6.07, 6.45) is 2.16. The van der Waals surface area contributed by atoms with Crippen LogP contribution in [-0.4, -0.2) is 10.9 Å². The number of rotatable bonds is 0. The third-order valence-electron chi connectivity index (χ3n) is 3.82. The van der Waals surface area contributed by atoms with Crippen LogP contribution in [0.2, 0.25) is 0 Å². The topological polar surface area (TPSA) is 32.6 Å². The summed E-state index contributed by atoms with van der Waals surface area (Å²) in [6.45, 7) is 8.56. The molecule has 0 heterocycles. The first-order valence-electron chi connectivity index (χ1n) is 4.47. The quantitative estimate of drug-likeness (QED) is 0.434. The van der Waals surface area contributed by atoms with Crippen LogP contribution in [0.3, 0.4) is 0 Å². The van der Waals surface area contributed by atoms with Crippen molar-refractivity contribution in [2.75, 3.05) is 0 Å². The molecule has 0 aromatic heterocycles. The fourth-order valence-electron chi connectivity index (χ4n) is 2.62. The molecule has 0 saturated heterocycles. The summed E-state index contributed by atoms with van der Waals surface area (Å²) >= 11 is 0. The highest BCUT2D eigenvalue weighted by molar-refractivity contribution is 6.01. The molecule has 0 aliphatic heterocycles. The number of nitrogens with zero attached hydrogens (tertiary/aromatic N) is 1. The SMILES string of the molecule is C=C1/C(=N\O)C[C@@H]2C[C@H]1C2(C)C. The van der Waals surface area contributed by atoms with Crippen molar-refractivity contribution in [1.29, 1.82) is 0 Å². The van der Waals surface area contributed by atoms with E-state index in [1.807, 2.05) is 0 Å².